The number of ether oxygens (including phenoxy) is 6. The highest BCUT2D eigenvalue weighted by atomic mass is 16.8. The van der Waals surface area contributed by atoms with Crippen LogP contribution in [0, 0.1) is 50.7 Å². The van der Waals surface area contributed by atoms with Crippen molar-refractivity contribution in [2.75, 3.05) is 26.9 Å². The number of hydrogen-bond donors (Lipinski definition) is 9. The van der Waals surface area contributed by atoms with E-state index in [-0.39, 0.29) is 57.4 Å². The fraction of sp³-hybridized carbons (Fsp3) is 0.977. The molecule has 16 nitrogen and oxygen atoms in total. The lowest BCUT2D eigenvalue weighted by Gasteiger charge is -2.63. The normalized spacial score (nSPS) is 55.9. The van der Waals surface area contributed by atoms with Gasteiger partial charge in [0.25, 0.3) is 0 Å². The van der Waals surface area contributed by atoms with E-state index in [2.05, 4.69) is 34.6 Å². The highest BCUT2D eigenvalue weighted by Crippen LogP contribution is 2.90. The lowest BCUT2D eigenvalue weighted by molar-refractivity contribution is -0.377. The van der Waals surface area contributed by atoms with E-state index in [0.29, 0.717) is 18.8 Å². The molecule has 0 aromatic heterocycles. The molecule has 9 N–H and O–H groups in total. The molecule has 338 valence electrons. The van der Waals surface area contributed by atoms with E-state index in [1.165, 1.54) is 6.92 Å². The first-order chi connectivity index (χ1) is 27.6. The minimum atomic E-state index is -1.83. The summed E-state index contributed by atoms with van der Waals surface area (Å²) in [5.41, 5.74) is -2.25. The molecule has 3 saturated heterocycles. The Hall–Kier alpha value is -0.930. The van der Waals surface area contributed by atoms with Crippen molar-refractivity contribution in [2.45, 2.75) is 184 Å². The van der Waals surface area contributed by atoms with E-state index >= 15 is 0 Å². The number of Topliss-reactive ketones (excluding diaryl/α,β-unsaturated/α-hetero) is 1. The maximum atomic E-state index is 13.1. The van der Waals surface area contributed by atoms with Crippen molar-refractivity contribution in [3.05, 3.63) is 0 Å². The Kier molecular flexibility index (Phi) is 11.2. The average molecular weight is 843 g/mol. The van der Waals surface area contributed by atoms with Gasteiger partial charge in [-0.05, 0) is 96.7 Å². The summed E-state index contributed by atoms with van der Waals surface area (Å²) in [5.74, 6) is -0.566. The molecule has 8 rings (SSSR count). The van der Waals surface area contributed by atoms with Gasteiger partial charge in [0, 0.05) is 25.9 Å². The van der Waals surface area contributed by atoms with Crippen molar-refractivity contribution < 1.29 is 79.2 Å². The Bertz CT molecular complexity index is 1590. The van der Waals surface area contributed by atoms with E-state index < -0.39 is 105 Å². The number of aliphatic hydroxyl groups excluding tert-OH is 8. The molecule has 0 aromatic carbocycles. The Balaban J connectivity index is 1.01. The summed E-state index contributed by atoms with van der Waals surface area (Å²) < 4.78 is 37.7. The van der Waals surface area contributed by atoms with Crippen LogP contribution in [0.3, 0.4) is 0 Å². The molecular weight excluding hydrogens is 772 g/mol. The van der Waals surface area contributed by atoms with E-state index in [1.54, 1.807) is 7.11 Å². The van der Waals surface area contributed by atoms with Gasteiger partial charge in [-0.25, -0.2) is 0 Å². The second kappa shape index (κ2) is 14.8. The first kappa shape index (κ1) is 44.7. The Morgan fingerprint density at radius 2 is 1.34 bits per heavy atom. The molecule has 0 radical (unpaired) electrons. The maximum Gasteiger partial charge on any atom is 0.187 e. The van der Waals surface area contributed by atoms with Crippen LogP contribution < -0.4 is 0 Å². The van der Waals surface area contributed by atoms with Gasteiger partial charge in [-0.1, -0.05) is 34.6 Å². The second-order valence-electron chi connectivity index (χ2n) is 21.2. The number of carbonyl (C=O) groups is 1. The molecule has 0 aromatic rings. The topological polar surface area (TPSA) is 255 Å². The first-order valence-corrected chi connectivity index (χ1v) is 21.9. The van der Waals surface area contributed by atoms with Crippen molar-refractivity contribution in [3.8, 4) is 0 Å². The van der Waals surface area contributed by atoms with Gasteiger partial charge >= 0.3 is 0 Å². The summed E-state index contributed by atoms with van der Waals surface area (Å²) in [4.78, 5) is 13.1. The van der Waals surface area contributed by atoms with Crippen LogP contribution in [-0.2, 0) is 33.2 Å². The molecule has 0 bridgehead atoms. The number of hydrogen-bond acceptors (Lipinski definition) is 16. The SMILES string of the molecule is CO[C@@]12C[C@]3(C)[C@H]4CC[C@@H]5C(C)(C)[C@H](O[C@@H]6O[C@@H](CO)[C@H](O)[C@@H](O)[C@@H]6O[C@H]6O[C@@H](CO)[C@H](O)[C@H](O)[C@@H]6O)CC[C@@]56C[C@@]46CC[C@]3(C)[C@@H]1[C@H](C)[C@H](CC(=O)[C@@](C)(O)CO)O2. The Morgan fingerprint density at radius 1 is 0.729 bits per heavy atom. The van der Waals surface area contributed by atoms with Crippen molar-refractivity contribution in [1.82, 2.24) is 0 Å². The molecule has 5 aliphatic carbocycles. The predicted octanol–water partition coefficient (Wildman–Crippen LogP) is 0.125. The van der Waals surface area contributed by atoms with E-state index in [0.717, 1.165) is 38.5 Å². The third-order valence-corrected chi connectivity index (χ3v) is 18.5. The lowest BCUT2D eigenvalue weighted by atomic mass is 9.41. The maximum absolute atomic E-state index is 13.1. The zero-order valence-electron chi connectivity index (χ0n) is 35.6. The molecule has 16 heteroatoms. The van der Waals surface area contributed by atoms with Crippen molar-refractivity contribution in [3.63, 3.8) is 0 Å². The molecule has 5 saturated carbocycles. The van der Waals surface area contributed by atoms with Gasteiger partial charge in [0.15, 0.2) is 24.2 Å². The number of methoxy groups -OCH3 is 1. The molecule has 0 unspecified atom stereocenters. The number of carbonyl (C=O) groups excluding carboxylic acids is 1. The standard InChI is InChI=1S/C43H70O16/c1-20-21(14-26(47)40(6,53)19-46)59-43(54-7)17-39(5)25-9-8-24-37(2,3)27(10-11-41(24)18-42(25,41)13-12-38(39,4)34(20)43)57-36-33(31(51)29(49)23(16-45)56-36)58-35-32(52)30(50)28(48)22(15-44)55-35/h20-25,27-36,44-46,48-53H,8-19H2,1-7H3/t20-,21+,22+,23+,24-,25-,27-,28+,29+,30+,31-,32+,33+,34+,35-,36+,38-,39-,40+,41-,42+,43-/m1/s1. The van der Waals surface area contributed by atoms with Crippen LogP contribution in [0.2, 0.25) is 0 Å². The predicted molar refractivity (Wildman–Crippen MR) is 205 cm³/mol. The summed E-state index contributed by atoms with van der Waals surface area (Å²) in [7, 11) is 1.71. The Morgan fingerprint density at radius 3 is 1.97 bits per heavy atom. The van der Waals surface area contributed by atoms with Gasteiger partial charge < -0.3 is 74.4 Å². The largest absolute Gasteiger partial charge is 0.394 e. The van der Waals surface area contributed by atoms with Gasteiger partial charge in [0.2, 0.25) is 0 Å². The first-order valence-electron chi connectivity index (χ1n) is 21.9. The fourth-order valence-electron chi connectivity index (χ4n) is 15.2. The lowest BCUT2D eigenvalue weighted by Crippen LogP contribution is -2.65. The third-order valence-electron chi connectivity index (χ3n) is 18.5. The molecular formula is C43H70O16. The van der Waals surface area contributed by atoms with Crippen LogP contribution in [0.5, 0.6) is 0 Å². The second-order valence-corrected chi connectivity index (χ2v) is 21.2. The average Bonchev–Trinajstić information content (AvgIpc) is 3.71. The molecule has 8 fully saturated rings. The zero-order valence-corrected chi connectivity index (χ0v) is 35.6. The summed E-state index contributed by atoms with van der Waals surface area (Å²) in [5, 5.41) is 93.7. The summed E-state index contributed by atoms with van der Waals surface area (Å²) in [6, 6.07) is 0. The summed E-state index contributed by atoms with van der Waals surface area (Å²) >= 11 is 0. The van der Waals surface area contributed by atoms with Gasteiger partial charge in [-0.2, -0.15) is 0 Å². The van der Waals surface area contributed by atoms with Crippen LogP contribution >= 0.6 is 0 Å². The van der Waals surface area contributed by atoms with Crippen LogP contribution in [0.25, 0.3) is 0 Å². The van der Waals surface area contributed by atoms with Crippen molar-refractivity contribution in [1.29, 1.82) is 0 Å². The minimum Gasteiger partial charge on any atom is -0.394 e. The molecule has 3 aliphatic heterocycles. The van der Waals surface area contributed by atoms with Gasteiger partial charge in [0.1, 0.15) is 54.4 Å². The van der Waals surface area contributed by atoms with Crippen LogP contribution in [0.1, 0.15) is 99.3 Å². The molecule has 22 atom stereocenters. The highest BCUT2D eigenvalue weighted by Gasteiger charge is 2.85. The van der Waals surface area contributed by atoms with Gasteiger partial charge in [-0.3, -0.25) is 4.79 Å². The number of ketones is 1. The van der Waals surface area contributed by atoms with E-state index in [1.807, 2.05) is 0 Å². The van der Waals surface area contributed by atoms with Crippen LogP contribution in [-0.4, -0.2) is 164 Å². The molecule has 8 aliphatic rings. The quantitative estimate of drug-likeness (QED) is 0.125. The molecule has 0 amide bonds. The van der Waals surface area contributed by atoms with Gasteiger partial charge in [0.05, 0.1) is 32.0 Å². The molecule has 3 heterocycles. The Labute approximate surface area is 346 Å². The van der Waals surface area contributed by atoms with Crippen molar-refractivity contribution >= 4 is 5.78 Å². The third kappa shape index (κ3) is 6.13. The van der Waals surface area contributed by atoms with Crippen molar-refractivity contribution in [2.24, 2.45) is 50.7 Å². The van der Waals surface area contributed by atoms with Crippen LogP contribution in [0.4, 0.5) is 0 Å². The summed E-state index contributed by atoms with van der Waals surface area (Å²) in [6.45, 7) is 10.9. The van der Waals surface area contributed by atoms with E-state index in [9.17, 15) is 50.8 Å². The number of rotatable bonds is 11. The fourth-order valence-corrected chi connectivity index (χ4v) is 15.2. The minimum absolute atomic E-state index is 0.00628. The molecule has 2 spiro atoms. The number of fused-ring (bicyclic) bond motifs is 4. The highest BCUT2D eigenvalue weighted by molar-refractivity contribution is 5.87. The smallest absolute Gasteiger partial charge is 0.187 e. The van der Waals surface area contributed by atoms with E-state index in [4.69, 9.17) is 28.4 Å². The van der Waals surface area contributed by atoms with Gasteiger partial charge in [-0.15, -0.1) is 0 Å². The molecule has 59 heavy (non-hydrogen) atoms. The zero-order chi connectivity index (χ0) is 43.0. The van der Waals surface area contributed by atoms with Crippen LogP contribution in [0.15, 0.2) is 0 Å². The summed E-state index contributed by atoms with van der Waals surface area (Å²) in [6.07, 6.45) is -8.48. The number of aliphatic hydroxyl groups is 9. The monoisotopic (exact) mass is 842 g/mol.